The van der Waals surface area contributed by atoms with Crippen molar-refractivity contribution in [1.29, 1.82) is 0 Å². The van der Waals surface area contributed by atoms with E-state index < -0.39 is 169 Å². The lowest BCUT2D eigenvalue weighted by atomic mass is 9.96. The summed E-state index contributed by atoms with van der Waals surface area (Å²) in [4.78, 5) is 172. The van der Waals surface area contributed by atoms with E-state index in [4.69, 9.17) is 22.9 Å². The Morgan fingerprint density at radius 3 is 1.88 bits per heavy atom. The fraction of sp³-hybridized carbons (Fsp3) is 0.683. The molecular weight excluding hydrogens is 1210 g/mol. The number of benzene rings is 1. The van der Waals surface area contributed by atoms with Gasteiger partial charge >= 0.3 is 0 Å². The molecule has 0 aromatic heterocycles. The molecular formula is C60H102N18O15. The maximum Gasteiger partial charge on any atom is 0.245 e. The number of hydrogen-bond acceptors (Lipinski definition) is 20. The highest BCUT2D eigenvalue weighted by molar-refractivity contribution is 5.99. The Bertz CT molecular complexity index is 2650. The maximum absolute atomic E-state index is 14.6. The summed E-state index contributed by atoms with van der Waals surface area (Å²) in [5.74, 6) is -11.0. The maximum atomic E-state index is 14.6. The van der Waals surface area contributed by atoms with Gasteiger partial charge < -0.3 is 102 Å². The summed E-state index contributed by atoms with van der Waals surface area (Å²) < 4.78 is 0. The molecule has 0 aliphatic carbocycles. The van der Waals surface area contributed by atoms with Crippen molar-refractivity contribution in [1.82, 2.24) is 69.1 Å². The van der Waals surface area contributed by atoms with Crippen molar-refractivity contribution >= 4 is 76.7 Å². The largest absolute Gasteiger partial charge is 0.394 e. The molecule has 24 N–H and O–H groups in total. The summed E-state index contributed by atoms with van der Waals surface area (Å²) in [6.07, 6.45) is -1.80. The van der Waals surface area contributed by atoms with E-state index in [9.17, 15) is 72.9 Å². The van der Waals surface area contributed by atoms with Crippen LogP contribution >= 0.6 is 0 Å². The number of ketones is 1. The van der Waals surface area contributed by atoms with Crippen LogP contribution in [0.3, 0.4) is 0 Å². The molecule has 0 spiro atoms. The van der Waals surface area contributed by atoms with Gasteiger partial charge in [0, 0.05) is 25.6 Å². The van der Waals surface area contributed by atoms with E-state index in [-0.39, 0.29) is 102 Å². The highest BCUT2D eigenvalue weighted by atomic mass is 16.3. The Kier molecular flexibility index (Phi) is 36.1. The Morgan fingerprint density at radius 1 is 0.656 bits per heavy atom. The quantitative estimate of drug-likeness (QED) is 0.0221. The molecule has 1 aromatic carbocycles. The zero-order valence-corrected chi connectivity index (χ0v) is 54.0. The van der Waals surface area contributed by atoms with Crippen molar-refractivity contribution in [2.75, 3.05) is 52.4 Å². The van der Waals surface area contributed by atoms with Crippen molar-refractivity contribution in [3.8, 4) is 0 Å². The Morgan fingerprint density at radius 2 is 1.26 bits per heavy atom. The van der Waals surface area contributed by atoms with Crippen molar-refractivity contribution in [3.63, 3.8) is 0 Å². The molecule has 0 saturated carbocycles. The third kappa shape index (κ3) is 28.4. The number of hydrogen-bond donors (Lipinski definition) is 20. The zero-order chi connectivity index (χ0) is 69.2. The first-order valence-corrected chi connectivity index (χ1v) is 32.0. The first-order valence-electron chi connectivity index (χ1n) is 32.0. The van der Waals surface area contributed by atoms with E-state index in [1.54, 1.807) is 37.3 Å². The predicted molar refractivity (Wildman–Crippen MR) is 342 cm³/mol. The van der Waals surface area contributed by atoms with Gasteiger partial charge in [-0.3, -0.25) is 67.8 Å². The van der Waals surface area contributed by atoms with Crippen LogP contribution in [0.2, 0.25) is 0 Å². The molecule has 33 heteroatoms. The van der Waals surface area contributed by atoms with Crippen LogP contribution in [0.5, 0.6) is 0 Å². The minimum Gasteiger partial charge on any atom is -0.394 e. The number of nitrogens with zero attached hydrogens (tertiary/aromatic N) is 1. The SMILES string of the molecule is CCCNCC(=O)NC1CCCC(C(=O)NC(C(=O)CNC2CCCC(CN)NC(=O)C(C(C)CC)NC(=O)C(CCCCN)NC(=O)C(CO)NC2=O)C(C)O)NC(=O)C(C(C)O)NC(=O)CNC(=O)C(Cc2ccccc2)NC(=O)C(CCCN=C(N)N)NC1=O. The van der Waals surface area contributed by atoms with Gasteiger partial charge in [0.25, 0.3) is 0 Å². The van der Waals surface area contributed by atoms with E-state index >= 15 is 0 Å². The molecule has 93 heavy (non-hydrogen) atoms. The van der Waals surface area contributed by atoms with E-state index in [1.165, 1.54) is 6.92 Å². The second kappa shape index (κ2) is 42.3. The first kappa shape index (κ1) is 79.3. The van der Waals surface area contributed by atoms with E-state index in [2.05, 4.69) is 74.1 Å². The van der Waals surface area contributed by atoms with Gasteiger partial charge in [0.2, 0.25) is 65.0 Å². The van der Waals surface area contributed by atoms with Crippen LogP contribution in [0.1, 0.15) is 124 Å². The van der Waals surface area contributed by atoms with E-state index in [0.29, 0.717) is 37.8 Å². The topological polar surface area (TPSA) is 538 Å². The normalized spacial score (nSPS) is 25.2. The molecule has 2 aliphatic heterocycles. The minimum absolute atomic E-state index is 0.0269. The summed E-state index contributed by atoms with van der Waals surface area (Å²) >= 11 is 0. The molecule has 0 bridgehead atoms. The number of aliphatic hydroxyl groups excluding tert-OH is 3. The number of nitrogens with two attached hydrogens (primary N) is 4. The van der Waals surface area contributed by atoms with E-state index in [0.717, 1.165) is 6.92 Å². The van der Waals surface area contributed by atoms with Crippen molar-refractivity contribution < 1.29 is 72.9 Å². The number of carbonyl (C=O) groups excluding carboxylic acids is 12. The van der Waals surface area contributed by atoms with Crippen LogP contribution in [0.15, 0.2) is 35.3 Å². The fourth-order valence-electron chi connectivity index (χ4n) is 10.2. The molecule has 33 nitrogen and oxygen atoms in total. The van der Waals surface area contributed by atoms with Gasteiger partial charge in [-0.15, -0.1) is 0 Å². The van der Waals surface area contributed by atoms with Crippen LogP contribution < -0.4 is 92.1 Å². The van der Waals surface area contributed by atoms with Gasteiger partial charge in [0.1, 0.15) is 54.4 Å². The summed E-state index contributed by atoms with van der Waals surface area (Å²) in [6.45, 7) is 5.82. The molecule has 11 amide bonds. The number of guanidine groups is 1. The monoisotopic (exact) mass is 1310 g/mol. The summed E-state index contributed by atoms with van der Waals surface area (Å²) in [5.41, 5.74) is 23.5. The highest BCUT2D eigenvalue weighted by Gasteiger charge is 2.38. The number of amides is 11. The molecule has 0 radical (unpaired) electrons. The van der Waals surface area contributed by atoms with Crippen molar-refractivity contribution in [3.05, 3.63) is 35.9 Å². The van der Waals surface area contributed by atoms with Gasteiger partial charge in [-0.2, -0.15) is 0 Å². The molecule has 2 saturated heterocycles. The highest BCUT2D eigenvalue weighted by Crippen LogP contribution is 2.15. The van der Waals surface area contributed by atoms with Crippen LogP contribution in [-0.4, -0.2) is 223 Å². The molecule has 522 valence electrons. The molecule has 14 atom stereocenters. The molecule has 3 rings (SSSR count). The average molecular weight is 1320 g/mol. The lowest BCUT2D eigenvalue weighted by Crippen LogP contribution is -2.61. The smallest absolute Gasteiger partial charge is 0.245 e. The molecule has 2 heterocycles. The number of carbonyl (C=O) groups is 12. The number of aliphatic hydroxyl groups is 3. The van der Waals surface area contributed by atoms with Crippen LogP contribution in [0.4, 0.5) is 0 Å². The lowest BCUT2D eigenvalue weighted by Gasteiger charge is -2.30. The third-order valence-corrected chi connectivity index (χ3v) is 15.8. The standard InChI is InChI=1S/C60H102N18O15/c1-6-25-65-30-46(83)70-39-21-14-22-41(73-59(93)50(35(5)81)76-47(84)31-68-51(85)43(27-36-16-9-8-10-17-36)74-54(88)42(71-53(39)87)23-15-26-66-60(63)64)56(90)78-49(34(4)80)45(82)29-67-38-20-13-18-37(28-62)69-58(92)48(33(3)7-2)77-55(89)40(19-11-12-24-61)72-57(91)44(32-79)75-52(38)86/h8-10,16-17,33-35,37-44,48-50,65,67,79-81H,6-7,11-15,18-32,61-62H2,1-5H3,(H,68,85)(H,69,92)(H,70,83)(H,71,87)(H,72,91)(H,73,93)(H,74,88)(H,75,86)(H,76,84)(H,77,89)(H,78,90)(H4,63,64,66). The average Bonchev–Trinajstić information content (AvgIpc) is 2.36. The summed E-state index contributed by atoms with van der Waals surface area (Å²) in [5, 5.41) is 66.6. The minimum atomic E-state index is -1.80. The predicted octanol–water partition coefficient (Wildman–Crippen LogP) is -6.97. The number of Topliss-reactive ketones (excluding diaryl/α,β-unsaturated/α-hetero) is 1. The van der Waals surface area contributed by atoms with Gasteiger partial charge in [-0.1, -0.05) is 57.5 Å². The van der Waals surface area contributed by atoms with Gasteiger partial charge in [-0.25, -0.2) is 0 Å². The van der Waals surface area contributed by atoms with Crippen LogP contribution in [0, 0.1) is 5.92 Å². The zero-order valence-electron chi connectivity index (χ0n) is 54.0. The Labute approximate surface area is 542 Å². The second-order valence-corrected chi connectivity index (χ2v) is 23.5. The van der Waals surface area contributed by atoms with E-state index in [1.807, 2.05) is 13.8 Å². The number of aliphatic imine (C=N–C) groups is 1. The Hall–Kier alpha value is -7.95. The van der Waals surface area contributed by atoms with Crippen LogP contribution in [-0.2, 0) is 64.0 Å². The fourth-order valence-corrected chi connectivity index (χ4v) is 10.2. The van der Waals surface area contributed by atoms with Gasteiger partial charge in [0.05, 0.1) is 44.5 Å². The molecule has 2 aliphatic rings. The summed E-state index contributed by atoms with van der Waals surface area (Å²) in [6, 6.07) is -6.77. The van der Waals surface area contributed by atoms with Crippen molar-refractivity contribution in [2.24, 2.45) is 33.8 Å². The Balaban J connectivity index is 2.05. The molecule has 2 fully saturated rings. The molecule has 14 unspecified atom stereocenters. The molecule has 1 aromatic rings. The summed E-state index contributed by atoms with van der Waals surface area (Å²) in [7, 11) is 0. The number of rotatable bonds is 27. The van der Waals surface area contributed by atoms with Crippen molar-refractivity contribution in [2.45, 2.75) is 203 Å². The lowest BCUT2D eigenvalue weighted by molar-refractivity contribution is -0.136. The third-order valence-electron chi connectivity index (χ3n) is 15.8. The second-order valence-electron chi connectivity index (χ2n) is 23.5. The number of unbranched alkanes of at least 4 members (excludes halogenated alkanes) is 1. The van der Waals surface area contributed by atoms with Gasteiger partial charge in [-0.05, 0) is 115 Å². The number of nitrogens with one attached hydrogen (secondary N) is 13. The first-order chi connectivity index (χ1) is 44.3. The van der Waals surface area contributed by atoms with Crippen LogP contribution in [0.25, 0.3) is 0 Å². The van der Waals surface area contributed by atoms with Gasteiger partial charge in [0.15, 0.2) is 11.7 Å².